The first kappa shape index (κ1) is 15.6. The SMILES string of the molecule is CCOC(=O)c1ccnc(NC2CCCS(=O)(=O)C2)c1N. The molecule has 0 saturated carbocycles. The van der Waals surface area contributed by atoms with E-state index in [-0.39, 0.29) is 35.4 Å². The van der Waals surface area contributed by atoms with Crippen LogP contribution in [-0.2, 0) is 14.6 Å². The number of nitrogens with zero attached hydrogens (tertiary/aromatic N) is 1. The third-order valence-corrected chi connectivity index (χ3v) is 5.11. The lowest BCUT2D eigenvalue weighted by Crippen LogP contribution is -2.35. The lowest BCUT2D eigenvalue weighted by Gasteiger charge is -2.24. The molecule has 1 saturated heterocycles. The third kappa shape index (κ3) is 3.84. The summed E-state index contributed by atoms with van der Waals surface area (Å²) in [6.07, 6.45) is 2.78. The number of rotatable bonds is 4. The predicted molar refractivity (Wildman–Crippen MR) is 79.9 cm³/mol. The van der Waals surface area contributed by atoms with Crippen LogP contribution in [0.2, 0.25) is 0 Å². The molecule has 0 radical (unpaired) electrons. The number of hydrogen-bond acceptors (Lipinski definition) is 7. The van der Waals surface area contributed by atoms with Crippen LogP contribution in [-0.4, -0.2) is 43.5 Å². The zero-order valence-electron chi connectivity index (χ0n) is 11.8. The van der Waals surface area contributed by atoms with E-state index in [0.717, 1.165) is 6.42 Å². The topological polar surface area (TPSA) is 111 Å². The molecule has 1 unspecified atom stereocenters. The Kier molecular flexibility index (Phi) is 4.66. The highest BCUT2D eigenvalue weighted by atomic mass is 32.2. The van der Waals surface area contributed by atoms with Crippen LogP contribution in [0, 0.1) is 0 Å². The molecular weight excluding hydrogens is 294 g/mol. The Hall–Kier alpha value is -1.83. The normalized spacial score (nSPS) is 20.7. The van der Waals surface area contributed by atoms with E-state index >= 15 is 0 Å². The fraction of sp³-hybridized carbons (Fsp3) is 0.538. The van der Waals surface area contributed by atoms with Gasteiger partial charge in [-0.05, 0) is 25.8 Å². The maximum atomic E-state index is 11.8. The smallest absolute Gasteiger partial charge is 0.340 e. The van der Waals surface area contributed by atoms with Crippen molar-refractivity contribution in [1.82, 2.24) is 4.98 Å². The van der Waals surface area contributed by atoms with E-state index in [1.165, 1.54) is 12.3 Å². The molecule has 0 aliphatic carbocycles. The molecule has 1 aromatic rings. The number of nitrogens with one attached hydrogen (secondary N) is 1. The minimum Gasteiger partial charge on any atom is -0.462 e. The van der Waals surface area contributed by atoms with Gasteiger partial charge in [0, 0.05) is 12.2 Å². The fourth-order valence-corrected chi connectivity index (χ4v) is 3.94. The van der Waals surface area contributed by atoms with Gasteiger partial charge in [0.1, 0.15) is 5.82 Å². The molecule has 1 aromatic heterocycles. The summed E-state index contributed by atoms with van der Waals surface area (Å²) >= 11 is 0. The van der Waals surface area contributed by atoms with E-state index in [9.17, 15) is 13.2 Å². The number of carbonyl (C=O) groups excluding carboxylic acids is 1. The molecule has 3 N–H and O–H groups in total. The zero-order valence-corrected chi connectivity index (χ0v) is 12.6. The van der Waals surface area contributed by atoms with Crippen LogP contribution >= 0.6 is 0 Å². The second-order valence-electron chi connectivity index (χ2n) is 4.94. The zero-order chi connectivity index (χ0) is 15.5. The van der Waals surface area contributed by atoms with Crippen molar-refractivity contribution in [3.8, 4) is 0 Å². The maximum absolute atomic E-state index is 11.8. The molecular formula is C13H19N3O4S. The minimum atomic E-state index is -3.02. The van der Waals surface area contributed by atoms with E-state index < -0.39 is 15.8 Å². The lowest BCUT2D eigenvalue weighted by atomic mass is 10.1. The number of ether oxygens (including phenoxy) is 1. The van der Waals surface area contributed by atoms with Gasteiger partial charge in [-0.3, -0.25) is 0 Å². The molecule has 116 valence electrons. The van der Waals surface area contributed by atoms with Crippen LogP contribution in [0.4, 0.5) is 11.5 Å². The summed E-state index contributed by atoms with van der Waals surface area (Å²) in [4.78, 5) is 15.8. The van der Waals surface area contributed by atoms with Gasteiger partial charge < -0.3 is 15.8 Å². The lowest BCUT2D eigenvalue weighted by molar-refractivity contribution is 0.0527. The maximum Gasteiger partial charge on any atom is 0.340 e. The quantitative estimate of drug-likeness (QED) is 0.792. The molecule has 2 heterocycles. The molecule has 0 spiro atoms. The molecule has 1 atom stereocenters. The number of sulfone groups is 1. The molecule has 0 amide bonds. The van der Waals surface area contributed by atoms with Crippen LogP contribution in [0.1, 0.15) is 30.1 Å². The average molecular weight is 313 g/mol. The van der Waals surface area contributed by atoms with Gasteiger partial charge in [-0.25, -0.2) is 18.2 Å². The number of esters is 1. The van der Waals surface area contributed by atoms with Crippen molar-refractivity contribution in [2.45, 2.75) is 25.8 Å². The van der Waals surface area contributed by atoms with Gasteiger partial charge in [-0.1, -0.05) is 0 Å². The Balaban J connectivity index is 2.17. The first-order valence-electron chi connectivity index (χ1n) is 6.81. The summed E-state index contributed by atoms with van der Waals surface area (Å²) < 4.78 is 28.2. The number of carbonyl (C=O) groups is 1. The standard InChI is InChI=1S/C13H19N3O4S/c1-2-20-13(17)10-5-6-15-12(11(10)14)16-9-4-3-7-21(18,19)8-9/h5-6,9H,2-4,7-8,14H2,1H3,(H,15,16). The van der Waals surface area contributed by atoms with Crippen molar-refractivity contribution in [3.63, 3.8) is 0 Å². The Morgan fingerprint density at radius 2 is 2.33 bits per heavy atom. The highest BCUT2D eigenvalue weighted by Gasteiger charge is 2.26. The molecule has 7 nitrogen and oxygen atoms in total. The Bertz CT molecular complexity index is 630. The first-order chi connectivity index (χ1) is 9.93. The Morgan fingerprint density at radius 3 is 3.00 bits per heavy atom. The van der Waals surface area contributed by atoms with Crippen molar-refractivity contribution in [2.24, 2.45) is 0 Å². The van der Waals surface area contributed by atoms with Gasteiger partial charge in [0.05, 0.1) is 29.4 Å². The van der Waals surface area contributed by atoms with Gasteiger partial charge in [0.15, 0.2) is 9.84 Å². The summed E-state index contributed by atoms with van der Waals surface area (Å²) in [6.45, 7) is 1.96. The number of anilines is 2. The molecule has 2 rings (SSSR count). The van der Waals surface area contributed by atoms with Crippen molar-refractivity contribution < 1.29 is 17.9 Å². The molecule has 0 bridgehead atoms. The number of hydrogen-bond donors (Lipinski definition) is 2. The molecule has 1 aliphatic rings. The average Bonchev–Trinajstić information content (AvgIpc) is 2.40. The summed E-state index contributed by atoms with van der Waals surface area (Å²) in [5.41, 5.74) is 6.33. The summed E-state index contributed by atoms with van der Waals surface area (Å²) in [5, 5.41) is 3.02. The van der Waals surface area contributed by atoms with Crippen LogP contribution < -0.4 is 11.1 Å². The van der Waals surface area contributed by atoms with Crippen LogP contribution in [0.25, 0.3) is 0 Å². The van der Waals surface area contributed by atoms with Gasteiger partial charge in [-0.2, -0.15) is 0 Å². The van der Waals surface area contributed by atoms with Gasteiger partial charge in [-0.15, -0.1) is 0 Å². The number of aromatic nitrogens is 1. The largest absolute Gasteiger partial charge is 0.462 e. The van der Waals surface area contributed by atoms with Gasteiger partial charge >= 0.3 is 5.97 Å². The van der Waals surface area contributed by atoms with E-state index in [2.05, 4.69) is 10.3 Å². The molecule has 0 aromatic carbocycles. The van der Waals surface area contributed by atoms with Crippen LogP contribution in [0.3, 0.4) is 0 Å². The second-order valence-corrected chi connectivity index (χ2v) is 7.17. The number of pyridine rings is 1. The summed E-state index contributed by atoms with van der Waals surface area (Å²) in [7, 11) is -3.02. The van der Waals surface area contributed by atoms with Crippen LogP contribution in [0.5, 0.6) is 0 Å². The van der Waals surface area contributed by atoms with Gasteiger partial charge in [0.2, 0.25) is 0 Å². The van der Waals surface area contributed by atoms with E-state index in [4.69, 9.17) is 10.5 Å². The molecule has 1 aliphatic heterocycles. The molecule has 8 heteroatoms. The minimum absolute atomic E-state index is 0.0533. The van der Waals surface area contributed by atoms with Crippen molar-refractivity contribution in [2.75, 3.05) is 29.2 Å². The second kappa shape index (κ2) is 6.30. The first-order valence-corrected chi connectivity index (χ1v) is 8.63. The number of nitrogens with two attached hydrogens (primary N) is 1. The third-order valence-electron chi connectivity index (χ3n) is 3.29. The van der Waals surface area contributed by atoms with Crippen molar-refractivity contribution in [3.05, 3.63) is 17.8 Å². The Morgan fingerprint density at radius 1 is 1.57 bits per heavy atom. The fourth-order valence-electron chi connectivity index (χ4n) is 2.31. The Labute approximate surface area is 123 Å². The van der Waals surface area contributed by atoms with Crippen molar-refractivity contribution >= 4 is 27.3 Å². The van der Waals surface area contributed by atoms with Gasteiger partial charge in [0.25, 0.3) is 0 Å². The highest BCUT2D eigenvalue weighted by Crippen LogP contribution is 2.24. The predicted octanol–water partition coefficient (Wildman–Crippen LogP) is 0.830. The van der Waals surface area contributed by atoms with Crippen LogP contribution in [0.15, 0.2) is 12.3 Å². The van der Waals surface area contributed by atoms with Crippen molar-refractivity contribution in [1.29, 1.82) is 0 Å². The van der Waals surface area contributed by atoms with E-state index in [0.29, 0.717) is 12.2 Å². The molecule has 21 heavy (non-hydrogen) atoms. The van der Waals surface area contributed by atoms with E-state index in [1.54, 1.807) is 6.92 Å². The number of nitrogen functional groups attached to an aromatic ring is 1. The monoisotopic (exact) mass is 313 g/mol. The molecule has 1 fully saturated rings. The summed E-state index contributed by atoms with van der Waals surface area (Å²) in [5.74, 6) is 0.0775. The summed E-state index contributed by atoms with van der Waals surface area (Å²) in [6, 6.07) is 1.24. The van der Waals surface area contributed by atoms with E-state index in [1.807, 2.05) is 0 Å². The highest BCUT2D eigenvalue weighted by molar-refractivity contribution is 7.91.